The zero-order valence-corrected chi connectivity index (χ0v) is 11.3. The van der Waals surface area contributed by atoms with E-state index in [1.807, 2.05) is 0 Å². The molecule has 2 aliphatic rings. The molecule has 0 aromatic rings. The summed E-state index contributed by atoms with van der Waals surface area (Å²) in [4.78, 5) is 0. The first-order valence-electron chi connectivity index (χ1n) is 7.47. The highest BCUT2D eigenvalue weighted by atomic mass is 14.9. The lowest BCUT2D eigenvalue weighted by Gasteiger charge is -2.30. The summed E-state index contributed by atoms with van der Waals surface area (Å²) in [6.45, 7) is 8.13. The first-order chi connectivity index (χ1) is 7.74. The average Bonchev–Trinajstić information content (AvgIpc) is 2.89. The molecule has 2 saturated carbocycles. The van der Waals surface area contributed by atoms with E-state index in [9.17, 15) is 0 Å². The van der Waals surface area contributed by atoms with Crippen LogP contribution in [0, 0.1) is 23.7 Å². The fourth-order valence-electron chi connectivity index (χ4n) is 4.05. The Kier molecular flexibility index (Phi) is 4.29. The van der Waals surface area contributed by atoms with Crippen LogP contribution in [-0.2, 0) is 0 Å². The van der Waals surface area contributed by atoms with Gasteiger partial charge in [0, 0.05) is 6.04 Å². The summed E-state index contributed by atoms with van der Waals surface area (Å²) in [6, 6.07) is 0.777. The molecule has 2 fully saturated rings. The highest BCUT2D eigenvalue weighted by Gasteiger charge is 2.40. The van der Waals surface area contributed by atoms with Crippen molar-refractivity contribution in [3.8, 4) is 0 Å². The third kappa shape index (κ3) is 2.61. The monoisotopic (exact) mass is 223 g/mol. The maximum Gasteiger partial charge on any atom is 0.00952 e. The van der Waals surface area contributed by atoms with Gasteiger partial charge < -0.3 is 5.32 Å². The average molecular weight is 223 g/mol. The van der Waals surface area contributed by atoms with Crippen LogP contribution in [0.5, 0.6) is 0 Å². The van der Waals surface area contributed by atoms with Gasteiger partial charge in [0.1, 0.15) is 0 Å². The first kappa shape index (κ1) is 12.4. The number of rotatable bonds is 6. The minimum atomic E-state index is 0.777. The maximum absolute atomic E-state index is 3.72. The number of nitrogens with one attached hydrogen (secondary N) is 1. The largest absolute Gasteiger partial charge is 0.314 e. The Labute approximate surface area is 101 Å². The minimum absolute atomic E-state index is 0.777. The van der Waals surface area contributed by atoms with Gasteiger partial charge in [0.05, 0.1) is 0 Å². The molecule has 1 N–H and O–H groups in total. The fourth-order valence-corrected chi connectivity index (χ4v) is 4.05. The fraction of sp³-hybridized carbons (Fsp3) is 1.00. The van der Waals surface area contributed by atoms with Gasteiger partial charge in [0.15, 0.2) is 0 Å². The van der Waals surface area contributed by atoms with Crippen LogP contribution in [0.25, 0.3) is 0 Å². The Balaban J connectivity index is 1.85. The molecule has 0 amide bonds. The molecule has 2 bridgehead atoms. The normalized spacial score (nSPS) is 36.6. The topological polar surface area (TPSA) is 12.0 Å². The van der Waals surface area contributed by atoms with E-state index >= 15 is 0 Å². The lowest BCUT2D eigenvalue weighted by atomic mass is 9.81. The third-order valence-corrected chi connectivity index (χ3v) is 5.24. The van der Waals surface area contributed by atoms with Crippen LogP contribution >= 0.6 is 0 Å². The molecule has 2 rings (SSSR count). The summed E-state index contributed by atoms with van der Waals surface area (Å²) in [6.07, 6.45) is 8.95. The van der Waals surface area contributed by atoms with Crippen LogP contribution < -0.4 is 5.32 Å². The van der Waals surface area contributed by atoms with Gasteiger partial charge in [-0.05, 0) is 55.9 Å². The van der Waals surface area contributed by atoms with Crippen molar-refractivity contribution in [1.29, 1.82) is 0 Å². The lowest BCUT2D eigenvalue weighted by molar-refractivity contribution is 0.242. The SMILES string of the molecule is CCNC(CC1CC2CCC1C2)C(C)CC. The van der Waals surface area contributed by atoms with E-state index in [0.717, 1.165) is 36.3 Å². The third-order valence-electron chi connectivity index (χ3n) is 5.24. The van der Waals surface area contributed by atoms with Gasteiger partial charge in [-0.2, -0.15) is 0 Å². The van der Waals surface area contributed by atoms with Gasteiger partial charge in [-0.3, -0.25) is 0 Å². The smallest absolute Gasteiger partial charge is 0.00952 e. The number of hydrogen-bond donors (Lipinski definition) is 1. The van der Waals surface area contributed by atoms with Gasteiger partial charge in [-0.25, -0.2) is 0 Å². The molecule has 0 aromatic carbocycles. The molecule has 2 aliphatic carbocycles. The summed E-state index contributed by atoms with van der Waals surface area (Å²) in [5.41, 5.74) is 0. The quantitative estimate of drug-likeness (QED) is 0.721. The van der Waals surface area contributed by atoms with Crippen LogP contribution in [0.1, 0.15) is 59.3 Å². The standard InChI is InChI=1S/C15H29N/c1-4-11(3)15(16-5-2)10-14-9-12-6-7-13(14)8-12/h11-16H,4-10H2,1-3H3. The van der Waals surface area contributed by atoms with Gasteiger partial charge in [0.25, 0.3) is 0 Å². The summed E-state index contributed by atoms with van der Waals surface area (Å²) < 4.78 is 0. The Morgan fingerprint density at radius 3 is 2.50 bits per heavy atom. The van der Waals surface area contributed by atoms with Crippen molar-refractivity contribution in [1.82, 2.24) is 5.32 Å². The number of hydrogen-bond acceptors (Lipinski definition) is 1. The molecule has 0 heterocycles. The molecule has 0 spiro atoms. The van der Waals surface area contributed by atoms with Crippen molar-refractivity contribution < 1.29 is 0 Å². The zero-order valence-electron chi connectivity index (χ0n) is 11.3. The van der Waals surface area contributed by atoms with E-state index in [1.54, 1.807) is 12.8 Å². The van der Waals surface area contributed by atoms with Gasteiger partial charge in [0.2, 0.25) is 0 Å². The van der Waals surface area contributed by atoms with Crippen LogP contribution in [0.15, 0.2) is 0 Å². The van der Waals surface area contributed by atoms with Gasteiger partial charge >= 0.3 is 0 Å². The molecule has 0 saturated heterocycles. The van der Waals surface area contributed by atoms with E-state index in [1.165, 1.54) is 25.7 Å². The predicted octanol–water partition coefficient (Wildman–Crippen LogP) is 3.84. The molecule has 5 atom stereocenters. The Morgan fingerprint density at radius 2 is 2.00 bits per heavy atom. The second-order valence-corrected chi connectivity index (χ2v) is 6.22. The van der Waals surface area contributed by atoms with Crippen molar-refractivity contribution in [2.24, 2.45) is 23.7 Å². The molecule has 16 heavy (non-hydrogen) atoms. The van der Waals surface area contributed by atoms with Crippen LogP contribution in [0.4, 0.5) is 0 Å². The second kappa shape index (κ2) is 5.53. The zero-order chi connectivity index (χ0) is 11.5. The molecule has 1 nitrogen and oxygen atoms in total. The molecular formula is C15H29N. The van der Waals surface area contributed by atoms with E-state index < -0.39 is 0 Å². The summed E-state index contributed by atoms with van der Waals surface area (Å²) in [7, 11) is 0. The van der Waals surface area contributed by atoms with Crippen molar-refractivity contribution >= 4 is 0 Å². The summed E-state index contributed by atoms with van der Waals surface area (Å²) in [5, 5.41) is 3.72. The van der Waals surface area contributed by atoms with Gasteiger partial charge in [-0.1, -0.05) is 33.6 Å². The van der Waals surface area contributed by atoms with E-state index in [0.29, 0.717) is 0 Å². The molecular weight excluding hydrogens is 194 g/mol. The van der Waals surface area contributed by atoms with Crippen molar-refractivity contribution in [3.05, 3.63) is 0 Å². The van der Waals surface area contributed by atoms with E-state index in [2.05, 4.69) is 26.1 Å². The molecule has 0 radical (unpaired) electrons. The Hall–Kier alpha value is -0.0400. The first-order valence-corrected chi connectivity index (χ1v) is 7.47. The maximum atomic E-state index is 3.72. The lowest BCUT2D eigenvalue weighted by Crippen LogP contribution is -2.37. The van der Waals surface area contributed by atoms with Crippen LogP contribution in [0.2, 0.25) is 0 Å². The summed E-state index contributed by atoms with van der Waals surface area (Å²) in [5.74, 6) is 4.10. The van der Waals surface area contributed by atoms with Crippen molar-refractivity contribution in [2.75, 3.05) is 6.54 Å². The predicted molar refractivity (Wildman–Crippen MR) is 70.5 cm³/mol. The van der Waals surface area contributed by atoms with Crippen molar-refractivity contribution in [2.45, 2.75) is 65.3 Å². The molecule has 0 aliphatic heterocycles. The highest BCUT2D eigenvalue weighted by Crippen LogP contribution is 2.50. The van der Waals surface area contributed by atoms with Crippen LogP contribution in [-0.4, -0.2) is 12.6 Å². The molecule has 5 unspecified atom stereocenters. The Bertz CT molecular complexity index is 213. The second-order valence-electron chi connectivity index (χ2n) is 6.22. The van der Waals surface area contributed by atoms with Crippen molar-refractivity contribution in [3.63, 3.8) is 0 Å². The van der Waals surface area contributed by atoms with E-state index in [4.69, 9.17) is 0 Å². The Morgan fingerprint density at radius 1 is 1.19 bits per heavy atom. The van der Waals surface area contributed by atoms with Gasteiger partial charge in [-0.15, -0.1) is 0 Å². The molecule has 0 aromatic heterocycles. The molecule has 1 heteroatoms. The molecule has 94 valence electrons. The summed E-state index contributed by atoms with van der Waals surface area (Å²) >= 11 is 0. The number of fused-ring (bicyclic) bond motifs is 2. The van der Waals surface area contributed by atoms with Crippen LogP contribution in [0.3, 0.4) is 0 Å². The highest BCUT2D eigenvalue weighted by molar-refractivity contribution is 4.92. The van der Waals surface area contributed by atoms with E-state index in [-0.39, 0.29) is 0 Å². The minimum Gasteiger partial charge on any atom is -0.314 e.